The number of nitrogens with zero attached hydrogens (tertiary/aromatic N) is 2. The van der Waals surface area contributed by atoms with Gasteiger partial charge in [-0.3, -0.25) is 4.79 Å². The number of carbonyl (C=O) groups is 1. The molecule has 2 aromatic heterocycles. The van der Waals surface area contributed by atoms with Crippen LogP contribution in [-0.4, -0.2) is 28.8 Å². The third-order valence-corrected chi connectivity index (χ3v) is 3.32. The average Bonchev–Trinajstić information content (AvgIpc) is 3.03. The van der Waals surface area contributed by atoms with E-state index in [2.05, 4.69) is 17.1 Å². The summed E-state index contributed by atoms with van der Waals surface area (Å²) in [4.78, 5) is 15.5. The average molecular weight is 357 g/mol. The number of hydrogen-bond donors (Lipinski definition) is 1. The van der Waals surface area contributed by atoms with E-state index in [1.807, 2.05) is 0 Å². The Balaban J connectivity index is 1.88. The highest BCUT2D eigenvalue weighted by molar-refractivity contribution is 5.93. The molecule has 0 aliphatic carbocycles. The first-order valence-electron chi connectivity index (χ1n) is 7.75. The quantitative estimate of drug-likeness (QED) is 0.784. The molecule has 0 radical (unpaired) electrons. The molecule has 0 aromatic carbocycles. The van der Waals surface area contributed by atoms with E-state index in [0.717, 1.165) is 36.7 Å². The van der Waals surface area contributed by atoms with E-state index in [4.69, 9.17) is 9.26 Å². The summed E-state index contributed by atoms with van der Waals surface area (Å²) in [7, 11) is 0. The minimum absolute atomic E-state index is 0.0187. The molecule has 9 heteroatoms. The molecule has 0 aliphatic heterocycles. The van der Waals surface area contributed by atoms with Gasteiger partial charge in [-0.2, -0.15) is 13.2 Å². The van der Waals surface area contributed by atoms with Crippen LogP contribution in [0.4, 0.5) is 13.2 Å². The number of halogens is 3. The summed E-state index contributed by atoms with van der Waals surface area (Å²) >= 11 is 0. The van der Waals surface area contributed by atoms with Gasteiger partial charge in [0.25, 0.3) is 5.91 Å². The highest BCUT2D eigenvalue weighted by atomic mass is 19.4. The molecule has 1 amide bonds. The lowest BCUT2D eigenvalue weighted by Gasteiger charge is -2.09. The summed E-state index contributed by atoms with van der Waals surface area (Å²) in [5.74, 6) is -0.604. The third kappa shape index (κ3) is 6.09. The van der Waals surface area contributed by atoms with Crippen LogP contribution >= 0.6 is 0 Å². The van der Waals surface area contributed by atoms with E-state index < -0.39 is 18.6 Å². The molecule has 6 nitrogen and oxygen atoms in total. The first kappa shape index (κ1) is 18.8. The van der Waals surface area contributed by atoms with Crippen LogP contribution in [0, 0.1) is 0 Å². The molecule has 1 N–H and O–H groups in total. The largest absolute Gasteiger partial charge is 0.473 e. The van der Waals surface area contributed by atoms with Crippen LogP contribution in [0.25, 0.3) is 0 Å². The van der Waals surface area contributed by atoms with Gasteiger partial charge in [0.1, 0.15) is 19.4 Å². The van der Waals surface area contributed by atoms with Gasteiger partial charge < -0.3 is 14.6 Å². The third-order valence-electron chi connectivity index (χ3n) is 3.32. The van der Waals surface area contributed by atoms with E-state index in [1.54, 1.807) is 5.32 Å². The smallest absolute Gasteiger partial charge is 0.405 e. The van der Waals surface area contributed by atoms with Gasteiger partial charge in [0.05, 0.1) is 16.8 Å². The summed E-state index contributed by atoms with van der Waals surface area (Å²) in [6, 6.07) is 2.77. The molecule has 0 saturated heterocycles. The van der Waals surface area contributed by atoms with Crippen LogP contribution < -0.4 is 10.1 Å². The first-order valence-corrected chi connectivity index (χ1v) is 7.75. The number of unbranched alkanes of at least 4 members (excludes halogenated alkanes) is 1. The minimum Gasteiger partial charge on any atom is -0.473 e. The molecule has 2 aromatic rings. The normalized spacial score (nSPS) is 11.4. The second-order valence-electron chi connectivity index (χ2n) is 5.36. The zero-order valence-corrected chi connectivity index (χ0v) is 13.6. The summed E-state index contributed by atoms with van der Waals surface area (Å²) in [5.41, 5.74) is 1.65. The number of nitrogens with one attached hydrogen (secondary N) is 1. The molecule has 0 spiro atoms. The van der Waals surface area contributed by atoms with Gasteiger partial charge in [-0.05, 0) is 18.9 Å². The predicted molar refractivity (Wildman–Crippen MR) is 82.1 cm³/mol. The second kappa shape index (κ2) is 8.50. The van der Waals surface area contributed by atoms with Crippen LogP contribution in [0.15, 0.2) is 29.1 Å². The van der Waals surface area contributed by atoms with Crippen molar-refractivity contribution >= 4 is 5.91 Å². The van der Waals surface area contributed by atoms with Crippen molar-refractivity contribution < 1.29 is 27.2 Å². The standard InChI is InChI=1S/C16H18F3N3O3/c1-2-3-4-13-12(9-25-22-13)8-24-14-6-5-11(7-20-14)15(23)21-10-16(17,18)19/h5-7,9H,2-4,8,10H2,1H3,(H,21,23). The van der Waals surface area contributed by atoms with Crippen molar-refractivity contribution in [1.29, 1.82) is 0 Å². The van der Waals surface area contributed by atoms with E-state index in [1.165, 1.54) is 18.4 Å². The Bertz CT molecular complexity index is 684. The van der Waals surface area contributed by atoms with Crippen molar-refractivity contribution in [1.82, 2.24) is 15.5 Å². The van der Waals surface area contributed by atoms with Crippen LogP contribution in [0.5, 0.6) is 5.88 Å². The number of alkyl halides is 3. The second-order valence-corrected chi connectivity index (χ2v) is 5.36. The van der Waals surface area contributed by atoms with E-state index >= 15 is 0 Å². The van der Waals surface area contributed by atoms with Gasteiger partial charge >= 0.3 is 6.18 Å². The molecule has 136 valence electrons. The first-order chi connectivity index (χ1) is 11.9. The zero-order chi connectivity index (χ0) is 18.3. The summed E-state index contributed by atoms with van der Waals surface area (Å²) in [6.07, 6.45) is 1.01. The molecule has 0 saturated carbocycles. The van der Waals surface area contributed by atoms with Gasteiger partial charge in [-0.15, -0.1) is 0 Å². The highest BCUT2D eigenvalue weighted by Gasteiger charge is 2.27. The van der Waals surface area contributed by atoms with Crippen molar-refractivity contribution in [2.24, 2.45) is 0 Å². The van der Waals surface area contributed by atoms with Crippen molar-refractivity contribution in [3.8, 4) is 5.88 Å². The number of pyridine rings is 1. The molecule has 0 bridgehead atoms. The summed E-state index contributed by atoms with van der Waals surface area (Å²) < 4.78 is 46.7. The Hall–Kier alpha value is -2.58. The molecule has 0 atom stereocenters. The lowest BCUT2D eigenvalue weighted by atomic mass is 10.1. The predicted octanol–water partition coefficient (Wildman–Crippen LogP) is 3.28. The van der Waals surface area contributed by atoms with Crippen LogP contribution in [0.1, 0.15) is 41.4 Å². The van der Waals surface area contributed by atoms with Crippen molar-refractivity contribution in [3.63, 3.8) is 0 Å². The fourth-order valence-electron chi connectivity index (χ4n) is 1.98. The zero-order valence-electron chi connectivity index (χ0n) is 13.6. The Morgan fingerprint density at radius 2 is 2.16 bits per heavy atom. The Morgan fingerprint density at radius 3 is 2.80 bits per heavy atom. The Kier molecular flexibility index (Phi) is 6.37. The number of aromatic nitrogens is 2. The fraction of sp³-hybridized carbons (Fsp3) is 0.438. The number of amides is 1. The van der Waals surface area contributed by atoms with Crippen molar-refractivity contribution in [2.75, 3.05) is 6.54 Å². The topological polar surface area (TPSA) is 77.2 Å². The maximum Gasteiger partial charge on any atom is 0.405 e. The number of aryl methyl sites for hydroxylation is 1. The lowest BCUT2D eigenvalue weighted by Crippen LogP contribution is -2.33. The number of ether oxygens (including phenoxy) is 1. The van der Waals surface area contributed by atoms with E-state index in [9.17, 15) is 18.0 Å². The molecule has 0 aliphatic rings. The van der Waals surface area contributed by atoms with Crippen molar-refractivity contribution in [2.45, 2.75) is 39.0 Å². The lowest BCUT2D eigenvalue weighted by molar-refractivity contribution is -0.123. The van der Waals surface area contributed by atoms with E-state index in [-0.39, 0.29) is 18.1 Å². The Labute approximate surface area is 142 Å². The van der Waals surface area contributed by atoms with Crippen LogP contribution in [0.3, 0.4) is 0 Å². The number of hydrogen-bond acceptors (Lipinski definition) is 5. The van der Waals surface area contributed by atoms with Gasteiger partial charge in [-0.25, -0.2) is 4.98 Å². The highest BCUT2D eigenvalue weighted by Crippen LogP contribution is 2.15. The molecular weight excluding hydrogens is 339 g/mol. The molecule has 2 rings (SSSR count). The molecule has 25 heavy (non-hydrogen) atoms. The maximum absolute atomic E-state index is 12.1. The SMILES string of the molecule is CCCCc1nocc1COc1ccc(C(=O)NCC(F)(F)F)cn1. The fourth-order valence-corrected chi connectivity index (χ4v) is 1.98. The minimum atomic E-state index is -4.46. The van der Waals surface area contributed by atoms with E-state index in [0.29, 0.717) is 0 Å². The maximum atomic E-state index is 12.1. The van der Waals surface area contributed by atoms with Gasteiger partial charge in [0.2, 0.25) is 5.88 Å². The summed E-state index contributed by atoms with van der Waals surface area (Å²) in [6.45, 7) is 0.889. The van der Waals surface area contributed by atoms with Gasteiger partial charge in [-0.1, -0.05) is 18.5 Å². The van der Waals surface area contributed by atoms with Crippen LogP contribution in [-0.2, 0) is 13.0 Å². The summed E-state index contributed by atoms with van der Waals surface area (Å²) in [5, 5.41) is 5.70. The molecule has 2 heterocycles. The van der Waals surface area contributed by atoms with Gasteiger partial charge in [0, 0.05) is 12.3 Å². The molecular formula is C16H18F3N3O3. The molecule has 0 fully saturated rings. The van der Waals surface area contributed by atoms with Crippen molar-refractivity contribution in [3.05, 3.63) is 41.4 Å². The number of carbonyl (C=O) groups excluding carboxylic acids is 1. The van der Waals surface area contributed by atoms with Crippen LogP contribution in [0.2, 0.25) is 0 Å². The Morgan fingerprint density at radius 1 is 1.36 bits per heavy atom. The molecule has 0 unspecified atom stereocenters. The number of rotatable bonds is 8. The monoisotopic (exact) mass is 357 g/mol. The van der Waals surface area contributed by atoms with Gasteiger partial charge in [0.15, 0.2) is 0 Å².